The normalized spacial score (nSPS) is 34.3. The molecule has 0 bridgehead atoms. The number of nitrogens with zero attached hydrogens (tertiary/aromatic N) is 1. The molecule has 0 aromatic carbocycles. The zero-order valence-electron chi connectivity index (χ0n) is 16.8. The molecule has 11 nitrogen and oxygen atoms in total. The van der Waals surface area contributed by atoms with Crippen LogP contribution in [0.5, 0.6) is 0 Å². The van der Waals surface area contributed by atoms with Gasteiger partial charge in [-0.3, -0.25) is 20.8 Å². The highest BCUT2D eigenvalue weighted by atomic mass is 19.4. The molecular weight excluding hydrogens is 437 g/mol. The molecule has 3 rings (SSSR count). The summed E-state index contributed by atoms with van der Waals surface area (Å²) in [4.78, 5) is 13.4. The van der Waals surface area contributed by atoms with Gasteiger partial charge in [-0.05, 0) is 0 Å². The molecule has 3 heterocycles. The number of halogens is 3. The Morgan fingerprint density at radius 2 is 2.12 bits per heavy atom. The number of aliphatic hydroxyl groups is 3. The summed E-state index contributed by atoms with van der Waals surface area (Å²) >= 11 is 0. The van der Waals surface area contributed by atoms with Gasteiger partial charge in [0.05, 0.1) is 37.2 Å². The number of alkyl halides is 3. The largest absolute Gasteiger partial charge is 0.454 e. The van der Waals surface area contributed by atoms with E-state index in [1.807, 2.05) is 0 Å². The van der Waals surface area contributed by atoms with Crippen molar-refractivity contribution in [1.29, 1.82) is 5.41 Å². The van der Waals surface area contributed by atoms with Crippen LogP contribution in [0.2, 0.25) is 0 Å². The minimum Gasteiger partial charge on any atom is -0.454 e. The van der Waals surface area contributed by atoms with Crippen LogP contribution in [0.25, 0.3) is 0 Å². The van der Waals surface area contributed by atoms with Gasteiger partial charge in [0.1, 0.15) is 6.29 Å². The molecule has 5 atom stereocenters. The lowest BCUT2D eigenvalue weighted by Crippen LogP contribution is -2.81. The van der Waals surface area contributed by atoms with Crippen molar-refractivity contribution in [3.63, 3.8) is 0 Å². The third-order valence-electron chi connectivity index (χ3n) is 5.64. The molecule has 3 aliphatic rings. The van der Waals surface area contributed by atoms with Gasteiger partial charge in [0.15, 0.2) is 17.7 Å². The molecule has 0 aromatic heterocycles. The summed E-state index contributed by atoms with van der Waals surface area (Å²) in [6, 6.07) is -1.71. The Morgan fingerprint density at radius 1 is 1.44 bits per heavy atom. The molecular formula is C18H25F3N6O5. The first-order valence-corrected chi connectivity index (χ1v) is 9.62. The van der Waals surface area contributed by atoms with Crippen LogP contribution >= 0.6 is 0 Å². The number of guanidine groups is 1. The predicted molar refractivity (Wildman–Crippen MR) is 104 cm³/mol. The number of carbonyl (C=O) groups excluding carboxylic acids is 1. The number of nitrogens with two attached hydrogens (primary N) is 1. The summed E-state index contributed by atoms with van der Waals surface area (Å²) in [5, 5.41) is 48.1. The summed E-state index contributed by atoms with van der Waals surface area (Å²) in [5.74, 6) is -4.04. The van der Waals surface area contributed by atoms with Gasteiger partial charge < -0.3 is 36.0 Å². The number of rotatable bonds is 6. The van der Waals surface area contributed by atoms with E-state index in [4.69, 9.17) is 15.9 Å². The van der Waals surface area contributed by atoms with E-state index >= 15 is 0 Å². The average molecular weight is 462 g/mol. The second-order valence-electron chi connectivity index (χ2n) is 7.59. The molecule has 14 heteroatoms. The number of hydrogen-bond donors (Lipinski definition) is 8. The summed E-state index contributed by atoms with van der Waals surface area (Å²) in [5.41, 5.74) is 3.03. The fourth-order valence-electron chi connectivity index (χ4n) is 4.29. The lowest BCUT2D eigenvalue weighted by atomic mass is 9.85. The highest BCUT2D eigenvalue weighted by molar-refractivity contribution is 5.81. The molecule has 9 N–H and O–H groups in total. The standard InChI is InChI=1S/C18H25F3N6O5/c1-2-4-9(18(19,20)21)5-3-6-12(29)32-11-7-27-15(23)24-10(8-28)13-16(27,17(11,30)31)26-14(22)25-13/h2-5,10-11,13-14,25-26,28,30-31H,1,6-8,22H2,(H2,23,24)/b5-3-,9-4+/t10-,11-,13?,14?,16?/m0/s1. The van der Waals surface area contributed by atoms with Crippen molar-refractivity contribution < 1.29 is 38.0 Å². The number of nitrogens with one attached hydrogen (secondary N) is 4. The van der Waals surface area contributed by atoms with Gasteiger partial charge in [0, 0.05) is 0 Å². The molecule has 0 saturated carbocycles. The van der Waals surface area contributed by atoms with Crippen molar-refractivity contribution in [2.75, 3.05) is 13.2 Å². The second-order valence-corrected chi connectivity index (χ2v) is 7.59. The van der Waals surface area contributed by atoms with Gasteiger partial charge >= 0.3 is 12.1 Å². The van der Waals surface area contributed by atoms with Crippen molar-refractivity contribution in [3.05, 3.63) is 36.5 Å². The summed E-state index contributed by atoms with van der Waals surface area (Å²) in [6.45, 7) is 2.42. The Labute approximate surface area is 180 Å². The van der Waals surface area contributed by atoms with Crippen LogP contribution in [-0.4, -0.2) is 87.4 Å². The molecule has 178 valence electrons. The van der Waals surface area contributed by atoms with Gasteiger partial charge in [-0.2, -0.15) is 13.2 Å². The van der Waals surface area contributed by atoms with E-state index < -0.39 is 66.7 Å². The second kappa shape index (κ2) is 8.46. The monoisotopic (exact) mass is 462 g/mol. The first-order valence-electron chi connectivity index (χ1n) is 9.62. The number of ether oxygens (including phenoxy) is 1. The predicted octanol–water partition coefficient (Wildman–Crippen LogP) is -2.09. The maximum Gasteiger partial charge on any atom is 0.416 e. The van der Waals surface area contributed by atoms with Crippen molar-refractivity contribution in [1.82, 2.24) is 20.9 Å². The van der Waals surface area contributed by atoms with Crippen molar-refractivity contribution in [2.24, 2.45) is 5.73 Å². The SMILES string of the molecule is C=C/C=C(\C=C/CC(=O)O[C@H]1CN2C(=N)N[C@@H](CO)C3NC(N)NC32C1(O)O)C(F)(F)F. The summed E-state index contributed by atoms with van der Waals surface area (Å²) in [7, 11) is 0. The van der Waals surface area contributed by atoms with Crippen molar-refractivity contribution in [3.8, 4) is 0 Å². The van der Waals surface area contributed by atoms with Gasteiger partial charge in [-0.1, -0.05) is 30.9 Å². The zero-order valence-corrected chi connectivity index (χ0v) is 16.8. The maximum atomic E-state index is 12.9. The van der Waals surface area contributed by atoms with E-state index in [2.05, 4.69) is 22.5 Å². The van der Waals surface area contributed by atoms with E-state index in [1.54, 1.807) is 0 Å². The molecule has 3 saturated heterocycles. The Balaban J connectivity index is 1.77. The van der Waals surface area contributed by atoms with Gasteiger partial charge in [-0.25, -0.2) is 0 Å². The lowest BCUT2D eigenvalue weighted by Gasteiger charge is -2.51. The first-order chi connectivity index (χ1) is 14.9. The summed E-state index contributed by atoms with van der Waals surface area (Å²) in [6.07, 6.45) is -4.41. The van der Waals surface area contributed by atoms with Crippen LogP contribution < -0.4 is 21.7 Å². The van der Waals surface area contributed by atoms with Crippen LogP contribution in [0.3, 0.4) is 0 Å². The van der Waals surface area contributed by atoms with E-state index in [0.717, 1.165) is 18.2 Å². The van der Waals surface area contributed by atoms with Crippen LogP contribution in [-0.2, 0) is 9.53 Å². The summed E-state index contributed by atoms with van der Waals surface area (Å²) < 4.78 is 43.7. The molecule has 32 heavy (non-hydrogen) atoms. The number of allylic oxidation sites excluding steroid dienone is 4. The van der Waals surface area contributed by atoms with E-state index in [9.17, 15) is 33.3 Å². The third kappa shape index (κ3) is 3.89. The zero-order chi connectivity index (χ0) is 23.9. The molecule has 3 fully saturated rings. The lowest BCUT2D eigenvalue weighted by molar-refractivity contribution is -0.265. The van der Waals surface area contributed by atoms with E-state index in [1.165, 1.54) is 4.90 Å². The highest BCUT2D eigenvalue weighted by Crippen LogP contribution is 2.44. The van der Waals surface area contributed by atoms with Gasteiger partial charge in [0.2, 0.25) is 5.79 Å². The topological polar surface area (TPSA) is 176 Å². The van der Waals surface area contributed by atoms with Gasteiger partial charge in [-0.15, -0.1) is 0 Å². The highest BCUT2D eigenvalue weighted by Gasteiger charge is 2.74. The van der Waals surface area contributed by atoms with Crippen LogP contribution in [0, 0.1) is 5.41 Å². The maximum absolute atomic E-state index is 12.9. The first kappa shape index (κ1) is 24.2. The third-order valence-corrected chi connectivity index (χ3v) is 5.64. The molecule has 3 aliphatic heterocycles. The smallest absolute Gasteiger partial charge is 0.416 e. The molecule has 0 aromatic rings. The Bertz CT molecular complexity index is 847. The quantitative estimate of drug-likeness (QED) is 0.124. The van der Waals surface area contributed by atoms with Crippen molar-refractivity contribution >= 4 is 11.9 Å². The Kier molecular flexibility index (Phi) is 6.38. The molecule has 3 unspecified atom stereocenters. The molecule has 0 aliphatic carbocycles. The van der Waals surface area contributed by atoms with Gasteiger partial charge in [0.25, 0.3) is 0 Å². The Hall–Kier alpha value is -2.49. The van der Waals surface area contributed by atoms with Crippen LogP contribution in [0.15, 0.2) is 36.5 Å². The molecule has 0 radical (unpaired) electrons. The Morgan fingerprint density at radius 3 is 2.72 bits per heavy atom. The molecule has 0 amide bonds. The number of hydrogen-bond acceptors (Lipinski definition) is 9. The minimum atomic E-state index is -4.64. The van der Waals surface area contributed by atoms with Crippen LogP contribution in [0.4, 0.5) is 13.2 Å². The van der Waals surface area contributed by atoms with Crippen LogP contribution in [0.1, 0.15) is 6.42 Å². The number of aliphatic hydroxyl groups excluding tert-OH is 1. The number of esters is 1. The van der Waals surface area contributed by atoms with E-state index in [0.29, 0.717) is 6.08 Å². The minimum absolute atomic E-state index is 0.265. The van der Waals surface area contributed by atoms with E-state index in [-0.39, 0.29) is 12.5 Å². The molecule has 1 spiro atoms. The number of carbonyl (C=O) groups is 1. The van der Waals surface area contributed by atoms with Crippen molar-refractivity contribution in [2.45, 2.75) is 48.5 Å². The fraction of sp³-hybridized carbons (Fsp3) is 0.556. The average Bonchev–Trinajstić information content (AvgIpc) is 3.15. The fourth-order valence-corrected chi connectivity index (χ4v) is 4.29.